The summed E-state index contributed by atoms with van der Waals surface area (Å²) in [7, 11) is 0. The topological polar surface area (TPSA) is 76.1 Å². The number of carbonyl (C=O) groups excluding carboxylic acids is 2. The summed E-state index contributed by atoms with van der Waals surface area (Å²) in [6.07, 6.45) is 60.9. The van der Waals surface area contributed by atoms with Crippen LogP contribution in [0.25, 0.3) is 0 Å². The lowest BCUT2D eigenvalue weighted by Gasteiger charge is -2.29. The molecule has 1 N–H and O–H groups in total. The van der Waals surface area contributed by atoms with Crippen molar-refractivity contribution in [2.75, 3.05) is 32.8 Å². The molecule has 0 fully saturated rings. The molecule has 0 saturated carbocycles. The minimum absolute atomic E-state index is 0.0576. The summed E-state index contributed by atoms with van der Waals surface area (Å²) in [6, 6.07) is 0. The van der Waals surface area contributed by atoms with E-state index in [0.29, 0.717) is 13.2 Å². The zero-order chi connectivity index (χ0) is 53.4. The molecule has 0 radical (unpaired) electrons. The third-order valence-corrected chi connectivity index (χ3v) is 16.3. The summed E-state index contributed by atoms with van der Waals surface area (Å²) in [4.78, 5) is 29.4. The molecular weight excluding hydrogens is 899 g/mol. The first-order valence-electron chi connectivity index (χ1n) is 33.6. The van der Waals surface area contributed by atoms with E-state index in [4.69, 9.17) is 9.47 Å². The van der Waals surface area contributed by atoms with Crippen molar-refractivity contribution < 1.29 is 24.2 Å². The highest BCUT2D eigenvalue weighted by Crippen LogP contribution is 2.29. The van der Waals surface area contributed by atoms with Gasteiger partial charge in [0, 0.05) is 0 Å². The molecule has 0 atom stereocenters. The van der Waals surface area contributed by atoms with Gasteiger partial charge in [-0.1, -0.05) is 286 Å². The summed E-state index contributed by atoms with van der Waals surface area (Å²) in [6.45, 7) is 18.2. The van der Waals surface area contributed by atoms with Gasteiger partial charge < -0.3 is 19.5 Å². The quantitative estimate of drug-likeness (QED) is 0.0483. The second kappa shape index (κ2) is 57.0. The zero-order valence-electron chi connectivity index (χ0n) is 50.8. The predicted octanol–water partition coefficient (Wildman–Crippen LogP) is 21.4. The molecule has 0 aliphatic heterocycles. The van der Waals surface area contributed by atoms with E-state index in [-0.39, 0.29) is 23.8 Å². The van der Waals surface area contributed by atoms with Crippen molar-refractivity contribution in [2.45, 2.75) is 375 Å². The SMILES string of the molecule is CCCCCCCCCCC(CCCCCCCCCC)C(=O)OCCCCCCC(O)(CCCCCCOC(=O)C(CCCCCCCCCC)CCCCCCCCCC)CCCCN(CCC)CCC. The minimum Gasteiger partial charge on any atom is -0.465 e. The third kappa shape index (κ3) is 48.9. The van der Waals surface area contributed by atoms with Crippen LogP contribution in [-0.4, -0.2) is 60.4 Å². The third-order valence-electron chi connectivity index (χ3n) is 16.3. The molecular formula is C67H133NO5. The van der Waals surface area contributed by atoms with Crippen molar-refractivity contribution in [3.63, 3.8) is 0 Å². The van der Waals surface area contributed by atoms with E-state index < -0.39 is 5.60 Å². The van der Waals surface area contributed by atoms with Crippen LogP contribution in [0.3, 0.4) is 0 Å². The molecule has 0 aromatic rings. The van der Waals surface area contributed by atoms with Crippen molar-refractivity contribution >= 4 is 11.9 Å². The number of ether oxygens (including phenoxy) is 2. The molecule has 0 bridgehead atoms. The van der Waals surface area contributed by atoms with Gasteiger partial charge in [-0.3, -0.25) is 9.59 Å². The number of hydrogen-bond donors (Lipinski definition) is 1. The molecule has 0 aliphatic carbocycles. The maximum absolute atomic E-state index is 13.4. The monoisotopic (exact) mass is 1030 g/mol. The van der Waals surface area contributed by atoms with Gasteiger partial charge in [-0.05, 0) is 103 Å². The highest BCUT2D eigenvalue weighted by Gasteiger charge is 2.26. The van der Waals surface area contributed by atoms with E-state index in [1.807, 2.05) is 0 Å². The summed E-state index contributed by atoms with van der Waals surface area (Å²) in [5, 5.41) is 12.1. The van der Waals surface area contributed by atoms with Crippen LogP contribution in [-0.2, 0) is 19.1 Å². The normalized spacial score (nSPS) is 12.0. The largest absolute Gasteiger partial charge is 0.465 e. The molecule has 0 aromatic carbocycles. The fourth-order valence-corrected chi connectivity index (χ4v) is 11.4. The summed E-state index contributed by atoms with van der Waals surface area (Å²) < 4.78 is 12.0. The van der Waals surface area contributed by atoms with Gasteiger partial charge in [-0.15, -0.1) is 0 Å². The molecule has 0 unspecified atom stereocenters. The standard InChI is InChI=1S/C67H133NO5/c1-7-13-17-21-25-29-33-41-51-63(52-42-34-30-26-22-18-14-8-2)65(69)72-61-49-39-37-45-55-67(71,57-47-48-60-68(58-11-5)59-12-6)56-46-38-40-50-62-73-66(70)64(53-43-35-31-27-23-19-15-9-3)54-44-36-32-28-24-20-16-10-4/h63-64,71H,7-62H2,1-6H3. The summed E-state index contributed by atoms with van der Waals surface area (Å²) in [5.41, 5.74) is -0.615. The molecule has 6 heteroatoms. The lowest BCUT2D eigenvalue weighted by molar-refractivity contribution is -0.150. The number of rotatable bonds is 61. The van der Waals surface area contributed by atoms with Crippen LogP contribution in [0.2, 0.25) is 0 Å². The maximum Gasteiger partial charge on any atom is 0.308 e. The van der Waals surface area contributed by atoms with Gasteiger partial charge in [0.05, 0.1) is 30.7 Å². The van der Waals surface area contributed by atoms with Crippen LogP contribution < -0.4 is 0 Å². The van der Waals surface area contributed by atoms with Gasteiger partial charge in [0.25, 0.3) is 0 Å². The summed E-state index contributed by atoms with van der Waals surface area (Å²) in [5.74, 6) is 0.249. The van der Waals surface area contributed by atoms with Crippen LogP contribution in [0.4, 0.5) is 0 Å². The Labute approximate surface area is 458 Å². The Morgan fingerprint density at radius 1 is 0.315 bits per heavy atom. The zero-order valence-corrected chi connectivity index (χ0v) is 50.8. The van der Waals surface area contributed by atoms with Gasteiger partial charge in [0.2, 0.25) is 0 Å². The van der Waals surface area contributed by atoms with Crippen LogP contribution in [0.1, 0.15) is 369 Å². The number of nitrogens with zero attached hydrogens (tertiary/aromatic N) is 1. The fraction of sp³-hybridized carbons (Fsp3) is 0.970. The van der Waals surface area contributed by atoms with Crippen LogP contribution in [0.15, 0.2) is 0 Å². The first kappa shape index (κ1) is 71.9. The molecule has 0 rings (SSSR count). The summed E-state index contributed by atoms with van der Waals surface area (Å²) >= 11 is 0. The molecule has 0 aliphatic rings. The molecule has 6 nitrogen and oxygen atoms in total. The van der Waals surface area contributed by atoms with Crippen LogP contribution in [0, 0.1) is 11.8 Å². The van der Waals surface area contributed by atoms with E-state index in [1.165, 1.54) is 206 Å². The Hall–Kier alpha value is -1.14. The van der Waals surface area contributed by atoms with E-state index >= 15 is 0 Å². The Kier molecular flexibility index (Phi) is 56.2. The van der Waals surface area contributed by atoms with Crippen molar-refractivity contribution in [1.82, 2.24) is 4.90 Å². The molecule has 73 heavy (non-hydrogen) atoms. The minimum atomic E-state index is -0.615. The highest BCUT2D eigenvalue weighted by molar-refractivity contribution is 5.72. The molecule has 0 spiro atoms. The van der Waals surface area contributed by atoms with Crippen molar-refractivity contribution in [2.24, 2.45) is 11.8 Å². The second-order valence-electron chi connectivity index (χ2n) is 23.6. The van der Waals surface area contributed by atoms with Crippen molar-refractivity contribution in [1.29, 1.82) is 0 Å². The smallest absolute Gasteiger partial charge is 0.308 e. The van der Waals surface area contributed by atoms with E-state index in [1.54, 1.807) is 0 Å². The second-order valence-corrected chi connectivity index (χ2v) is 23.6. The van der Waals surface area contributed by atoms with Gasteiger partial charge in [0.1, 0.15) is 0 Å². The predicted molar refractivity (Wildman–Crippen MR) is 320 cm³/mol. The van der Waals surface area contributed by atoms with Gasteiger partial charge in [0.15, 0.2) is 0 Å². The van der Waals surface area contributed by atoms with Crippen molar-refractivity contribution in [3.8, 4) is 0 Å². The fourth-order valence-electron chi connectivity index (χ4n) is 11.4. The maximum atomic E-state index is 13.4. The number of aliphatic hydroxyl groups is 1. The van der Waals surface area contributed by atoms with Gasteiger partial charge in [-0.25, -0.2) is 0 Å². The lowest BCUT2D eigenvalue weighted by atomic mass is 9.85. The van der Waals surface area contributed by atoms with Crippen LogP contribution in [0.5, 0.6) is 0 Å². The Morgan fingerprint density at radius 2 is 0.562 bits per heavy atom. The highest BCUT2D eigenvalue weighted by atomic mass is 16.5. The van der Waals surface area contributed by atoms with Gasteiger partial charge in [-0.2, -0.15) is 0 Å². The van der Waals surface area contributed by atoms with E-state index in [9.17, 15) is 14.7 Å². The first-order chi connectivity index (χ1) is 35.8. The van der Waals surface area contributed by atoms with Crippen LogP contribution >= 0.6 is 0 Å². The first-order valence-corrected chi connectivity index (χ1v) is 33.6. The number of esters is 2. The van der Waals surface area contributed by atoms with Crippen molar-refractivity contribution in [3.05, 3.63) is 0 Å². The number of hydrogen-bond acceptors (Lipinski definition) is 6. The number of carbonyl (C=O) groups is 2. The molecule has 436 valence electrons. The molecule has 0 heterocycles. The molecule has 0 aromatic heterocycles. The average molecular weight is 1030 g/mol. The van der Waals surface area contributed by atoms with E-state index in [0.717, 1.165) is 141 Å². The lowest BCUT2D eigenvalue weighted by Crippen LogP contribution is -2.30. The Balaban J connectivity index is 5.02. The molecule has 0 saturated heterocycles. The van der Waals surface area contributed by atoms with E-state index in [2.05, 4.69) is 46.4 Å². The Morgan fingerprint density at radius 3 is 0.849 bits per heavy atom. The number of unbranched alkanes of at least 4 members (excludes halogenated alkanes) is 35. The average Bonchev–Trinajstić information content (AvgIpc) is 3.38. The Bertz CT molecular complexity index is 997. The molecule has 0 amide bonds. The van der Waals surface area contributed by atoms with Gasteiger partial charge >= 0.3 is 11.9 Å².